The second kappa shape index (κ2) is 8.14. The average molecular weight is 388 g/mol. The van der Waals surface area contributed by atoms with Gasteiger partial charge in [0.1, 0.15) is 11.6 Å². The zero-order chi connectivity index (χ0) is 20.2. The molecule has 0 saturated heterocycles. The molecule has 0 unspecified atom stereocenters. The van der Waals surface area contributed by atoms with Gasteiger partial charge < -0.3 is 15.2 Å². The summed E-state index contributed by atoms with van der Waals surface area (Å²) in [7, 11) is 0. The van der Waals surface area contributed by atoms with Gasteiger partial charge in [-0.1, -0.05) is 54.1 Å². The third-order valence-electron chi connectivity index (χ3n) is 4.71. The highest BCUT2D eigenvalue weighted by Gasteiger charge is 2.13. The van der Waals surface area contributed by atoms with Crippen molar-refractivity contribution in [2.45, 2.75) is 13.5 Å². The van der Waals surface area contributed by atoms with Crippen molar-refractivity contribution in [1.82, 2.24) is 14.9 Å². The Labute approximate surface area is 168 Å². The number of aryl methyl sites for hydroxylation is 1. The van der Waals surface area contributed by atoms with E-state index in [1.54, 1.807) is 12.1 Å². The number of fused-ring (bicyclic) bond motifs is 1. The van der Waals surface area contributed by atoms with Crippen LogP contribution in [0.15, 0.2) is 72.8 Å². The molecule has 29 heavy (non-hydrogen) atoms. The first-order valence-electron chi connectivity index (χ1n) is 9.43. The van der Waals surface area contributed by atoms with Crippen molar-refractivity contribution < 1.29 is 9.18 Å². The van der Waals surface area contributed by atoms with Gasteiger partial charge >= 0.3 is 6.03 Å². The van der Waals surface area contributed by atoms with Crippen LogP contribution in [0.1, 0.15) is 5.56 Å². The van der Waals surface area contributed by atoms with E-state index in [-0.39, 0.29) is 5.69 Å². The number of nitrogens with zero attached hydrogens (tertiary/aromatic N) is 2. The number of carbonyl (C=O) groups is 1. The number of rotatable bonds is 5. The van der Waals surface area contributed by atoms with Gasteiger partial charge in [0, 0.05) is 18.7 Å². The van der Waals surface area contributed by atoms with E-state index in [1.165, 1.54) is 17.7 Å². The molecule has 0 aliphatic heterocycles. The van der Waals surface area contributed by atoms with E-state index in [1.807, 2.05) is 43.3 Å². The van der Waals surface area contributed by atoms with Crippen LogP contribution in [-0.2, 0) is 6.54 Å². The molecule has 5 nitrogen and oxygen atoms in total. The lowest BCUT2D eigenvalue weighted by Crippen LogP contribution is -2.31. The number of nitrogens with one attached hydrogen (secondary N) is 2. The fraction of sp³-hybridized carbons (Fsp3) is 0.130. The molecular weight excluding hydrogens is 367 g/mol. The highest BCUT2D eigenvalue weighted by molar-refractivity contribution is 5.89. The number of anilines is 1. The minimum Gasteiger partial charge on any atom is -0.336 e. The van der Waals surface area contributed by atoms with Gasteiger partial charge in [-0.3, -0.25) is 0 Å². The van der Waals surface area contributed by atoms with Crippen molar-refractivity contribution in [3.05, 3.63) is 84.2 Å². The number of hydrogen-bond donors (Lipinski definition) is 2. The van der Waals surface area contributed by atoms with Gasteiger partial charge in [0.2, 0.25) is 0 Å². The van der Waals surface area contributed by atoms with Crippen LogP contribution in [0.25, 0.3) is 22.4 Å². The lowest BCUT2D eigenvalue weighted by Gasteiger charge is -2.12. The van der Waals surface area contributed by atoms with Crippen LogP contribution < -0.4 is 10.6 Å². The number of benzene rings is 3. The van der Waals surface area contributed by atoms with E-state index in [9.17, 15) is 9.18 Å². The maximum absolute atomic E-state index is 13.7. The summed E-state index contributed by atoms with van der Waals surface area (Å²) in [5.74, 6) is 0.382. The van der Waals surface area contributed by atoms with Gasteiger partial charge in [0.05, 0.1) is 16.7 Å². The first-order chi connectivity index (χ1) is 14.1. The zero-order valence-electron chi connectivity index (χ0n) is 16.0. The Kier molecular flexibility index (Phi) is 5.24. The van der Waals surface area contributed by atoms with Crippen LogP contribution >= 0.6 is 0 Å². The van der Waals surface area contributed by atoms with E-state index in [0.29, 0.717) is 13.1 Å². The molecule has 4 rings (SSSR count). The number of carbonyl (C=O) groups excluding carboxylic acids is 1. The predicted molar refractivity (Wildman–Crippen MR) is 113 cm³/mol. The van der Waals surface area contributed by atoms with E-state index < -0.39 is 11.8 Å². The van der Waals surface area contributed by atoms with Crippen LogP contribution in [0.4, 0.5) is 14.9 Å². The fourth-order valence-electron chi connectivity index (χ4n) is 3.24. The maximum atomic E-state index is 13.7. The average Bonchev–Trinajstić information content (AvgIpc) is 3.09. The Hall–Kier alpha value is -3.67. The van der Waals surface area contributed by atoms with Crippen molar-refractivity contribution in [3.63, 3.8) is 0 Å². The molecule has 3 aromatic carbocycles. The van der Waals surface area contributed by atoms with E-state index in [0.717, 1.165) is 22.4 Å². The smallest absolute Gasteiger partial charge is 0.319 e. The molecule has 146 valence electrons. The lowest BCUT2D eigenvalue weighted by molar-refractivity contribution is 0.251. The summed E-state index contributed by atoms with van der Waals surface area (Å²) in [6.45, 7) is 2.96. The first-order valence-corrected chi connectivity index (χ1v) is 9.43. The Morgan fingerprint density at radius 2 is 1.72 bits per heavy atom. The van der Waals surface area contributed by atoms with Gasteiger partial charge in [0.15, 0.2) is 0 Å². The Morgan fingerprint density at radius 1 is 1.00 bits per heavy atom. The normalized spacial score (nSPS) is 10.8. The molecular formula is C23H21FN4O. The zero-order valence-corrected chi connectivity index (χ0v) is 16.0. The highest BCUT2D eigenvalue weighted by Crippen LogP contribution is 2.25. The number of aromatic nitrogens is 2. The van der Waals surface area contributed by atoms with Crippen molar-refractivity contribution in [1.29, 1.82) is 0 Å². The highest BCUT2D eigenvalue weighted by atomic mass is 19.1. The van der Waals surface area contributed by atoms with Gasteiger partial charge in [-0.25, -0.2) is 14.2 Å². The molecule has 0 radical (unpaired) electrons. The molecule has 0 aliphatic rings. The molecule has 0 saturated carbocycles. The number of imidazole rings is 1. The SMILES string of the molecule is Cc1ccc(-c2nc3ccccc3n2CCNC(=O)Nc2ccccc2F)cc1. The van der Waals surface area contributed by atoms with E-state index in [2.05, 4.69) is 27.3 Å². The Bertz CT molecular complexity index is 1150. The number of amides is 2. The fourth-order valence-corrected chi connectivity index (χ4v) is 3.24. The van der Waals surface area contributed by atoms with Crippen molar-refractivity contribution in [3.8, 4) is 11.4 Å². The van der Waals surface area contributed by atoms with Crippen LogP contribution in [0, 0.1) is 12.7 Å². The maximum Gasteiger partial charge on any atom is 0.319 e. The van der Waals surface area contributed by atoms with E-state index >= 15 is 0 Å². The minimum atomic E-state index is -0.468. The molecule has 0 spiro atoms. The molecule has 1 aromatic heterocycles. The minimum absolute atomic E-state index is 0.151. The summed E-state index contributed by atoms with van der Waals surface area (Å²) >= 11 is 0. The summed E-state index contributed by atoms with van der Waals surface area (Å²) in [4.78, 5) is 16.9. The van der Waals surface area contributed by atoms with Crippen LogP contribution in [0.2, 0.25) is 0 Å². The lowest BCUT2D eigenvalue weighted by atomic mass is 10.1. The van der Waals surface area contributed by atoms with Crippen molar-refractivity contribution in [2.24, 2.45) is 0 Å². The van der Waals surface area contributed by atoms with Gasteiger partial charge in [-0.05, 0) is 31.2 Å². The summed E-state index contributed by atoms with van der Waals surface area (Å²) < 4.78 is 15.8. The van der Waals surface area contributed by atoms with Crippen molar-refractivity contribution >= 4 is 22.8 Å². The van der Waals surface area contributed by atoms with E-state index in [4.69, 9.17) is 4.98 Å². The standard InChI is InChI=1S/C23H21FN4O/c1-16-10-12-17(13-11-16)22-26-20-8-4-5-9-21(20)28(22)15-14-25-23(29)27-19-7-3-2-6-18(19)24/h2-13H,14-15H2,1H3,(H2,25,27,29). The Morgan fingerprint density at radius 3 is 2.52 bits per heavy atom. The molecule has 4 aromatic rings. The van der Waals surface area contributed by atoms with Gasteiger partial charge in [-0.2, -0.15) is 0 Å². The number of urea groups is 1. The second-order valence-corrected chi connectivity index (χ2v) is 6.80. The molecule has 1 heterocycles. The van der Waals surface area contributed by atoms with Crippen molar-refractivity contribution in [2.75, 3.05) is 11.9 Å². The van der Waals surface area contributed by atoms with Gasteiger partial charge in [-0.15, -0.1) is 0 Å². The van der Waals surface area contributed by atoms with Crippen LogP contribution in [0.5, 0.6) is 0 Å². The van der Waals surface area contributed by atoms with Gasteiger partial charge in [0.25, 0.3) is 0 Å². The largest absolute Gasteiger partial charge is 0.336 e. The predicted octanol–water partition coefficient (Wildman–Crippen LogP) is 4.97. The topological polar surface area (TPSA) is 59.0 Å². The second-order valence-electron chi connectivity index (χ2n) is 6.80. The Balaban J connectivity index is 1.51. The number of hydrogen-bond acceptors (Lipinski definition) is 2. The molecule has 2 amide bonds. The first kappa shape index (κ1) is 18.7. The van der Waals surface area contributed by atoms with Crippen LogP contribution in [-0.4, -0.2) is 22.1 Å². The monoisotopic (exact) mass is 388 g/mol. The summed E-state index contributed by atoms with van der Waals surface area (Å²) in [6.07, 6.45) is 0. The van der Waals surface area contributed by atoms with Crippen LogP contribution in [0.3, 0.4) is 0 Å². The molecule has 0 atom stereocenters. The third kappa shape index (κ3) is 4.11. The molecule has 6 heteroatoms. The molecule has 0 fully saturated rings. The summed E-state index contributed by atoms with van der Waals surface area (Å²) in [6, 6.07) is 21.7. The molecule has 2 N–H and O–H groups in total. The third-order valence-corrected chi connectivity index (χ3v) is 4.71. The number of para-hydroxylation sites is 3. The summed E-state index contributed by atoms with van der Waals surface area (Å²) in [5, 5.41) is 5.31. The molecule has 0 aliphatic carbocycles. The quantitative estimate of drug-likeness (QED) is 0.507. The number of halogens is 1. The summed E-state index contributed by atoms with van der Waals surface area (Å²) in [5.41, 5.74) is 4.25. The molecule has 0 bridgehead atoms.